The molecular weight excluding hydrogens is 258 g/mol. The van der Waals surface area contributed by atoms with E-state index in [9.17, 15) is 0 Å². The lowest BCUT2D eigenvalue weighted by atomic mass is 10.3. The fourth-order valence-electron chi connectivity index (χ4n) is 1.89. The van der Waals surface area contributed by atoms with Crippen LogP contribution in [0.1, 0.15) is 37.8 Å². The highest BCUT2D eigenvalue weighted by atomic mass is 32.1. The number of anilines is 1. The van der Waals surface area contributed by atoms with Crippen LogP contribution >= 0.6 is 11.3 Å². The van der Waals surface area contributed by atoms with E-state index < -0.39 is 0 Å². The van der Waals surface area contributed by atoms with Gasteiger partial charge in [0.2, 0.25) is 0 Å². The van der Waals surface area contributed by atoms with Crippen LogP contribution in [-0.2, 0) is 11.3 Å². The number of nitrogens with zero attached hydrogens (tertiary/aromatic N) is 2. The Morgan fingerprint density at radius 1 is 1.42 bits per heavy atom. The van der Waals surface area contributed by atoms with E-state index in [1.807, 2.05) is 0 Å². The lowest BCUT2D eigenvalue weighted by Gasteiger charge is -2.25. The molecule has 0 aliphatic carbocycles. The van der Waals surface area contributed by atoms with Crippen LogP contribution in [0.3, 0.4) is 0 Å². The number of rotatable bonds is 9. The van der Waals surface area contributed by atoms with Crippen LogP contribution in [0.5, 0.6) is 0 Å². The zero-order chi connectivity index (χ0) is 14.3. The summed E-state index contributed by atoms with van der Waals surface area (Å²) in [6, 6.07) is 0.500. The van der Waals surface area contributed by atoms with Crippen molar-refractivity contribution in [2.24, 2.45) is 0 Å². The van der Waals surface area contributed by atoms with Crippen LogP contribution in [-0.4, -0.2) is 37.8 Å². The number of ether oxygens (including phenoxy) is 1. The number of hydrogen-bond acceptors (Lipinski definition) is 5. The molecule has 0 aliphatic heterocycles. The maximum absolute atomic E-state index is 5.03. The zero-order valence-corrected chi connectivity index (χ0v) is 13.6. The largest absolute Gasteiger partial charge is 0.383 e. The van der Waals surface area contributed by atoms with Crippen LogP contribution in [0.2, 0.25) is 0 Å². The minimum atomic E-state index is 0.500. The summed E-state index contributed by atoms with van der Waals surface area (Å²) in [6.07, 6.45) is 1.15. The van der Waals surface area contributed by atoms with Gasteiger partial charge in [0.15, 0.2) is 5.13 Å². The number of methoxy groups -OCH3 is 1. The molecule has 1 aromatic heterocycles. The molecule has 5 heteroatoms. The lowest BCUT2D eigenvalue weighted by Crippen LogP contribution is -2.31. The van der Waals surface area contributed by atoms with Gasteiger partial charge in [0.25, 0.3) is 0 Å². The molecule has 110 valence electrons. The van der Waals surface area contributed by atoms with Crippen LogP contribution in [0.15, 0.2) is 0 Å². The number of thiazole rings is 1. The second-order valence-electron chi connectivity index (χ2n) is 4.96. The molecule has 0 spiro atoms. The summed E-state index contributed by atoms with van der Waals surface area (Å²) in [5.74, 6) is 0. The minimum absolute atomic E-state index is 0.500. The topological polar surface area (TPSA) is 37.4 Å². The van der Waals surface area contributed by atoms with Gasteiger partial charge in [-0.15, -0.1) is 11.3 Å². The second-order valence-corrected chi connectivity index (χ2v) is 6.02. The zero-order valence-electron chi connectivity index (χ0n) is 12.8. The molecule has 0 fully saturated rings. The highest BCUT2D eigenvalue weighted by molar-refractivity contribution is 7.15. The maximum Gasteiger partial charge on any atom is 0.186 e. The molecule has 0 saturated heterocycles. The molecule has 0 atom stereocenters. The molecule has 0 radical (unpaired) electrons. The standard InChI is InChI=1S/C14H27N3OS/c1-6-8-17(11(2)3)14-16-12(4)13(19-14)10-15-7-9-18-5/h11,15H,6-10H2,1-5H3. The van der Waals surface area contributed by atoms with Gasteiger partial charge in [0.05, 0.1) is 12.3 Å². The Bertz CT molecular complexity index is 366. The summed E-state index contributed by atoms with van der Waals surface area (Å²) < 4.78 is 5.03. The quantitative estimate of drug-likeness (QED) is 0.708. The smallest absolute Gasteiger partial charge is 0.186 e. The van der Waals surface area contributed by atoms with Crippen LogP contribution in [0.4, 0.5) is 5.13 Å². The van der Waals surface area contributed by atoms with Crippen molar-refractivity contribution in [2.45, 2.75) is 46.7 Å². The van der Waals surface area contributed by atoms with Crippen molar-refractivity contribution in [1.29, 1.82) is 0 Å². The third-order valence-corrected chi connectivity index (χ3v) is 4.18. The molecule has 1 rings (SSSR count). The molecule has 19 heavy (non-hydrogen) atoms. The SMILES string of the molecule is CCCN(c1nc(C)c(CNCCOC)s1)C(C)C. The van der Waals surface area contributed by atoms with Gasteiger partial charge in [-0.2, -0.15) is 0 Å². The van der Waals surface area contributed by atoms with Gasteiger partial charge in [0.1, 0.15) is 0 Å². The molecule has 0 saturated carbocycles. The van der Waals surface area contributed by atoms with Crippen molar-refractivity contribution in [3.8, 4) is 0 Å². The Kier molecular flexibility index (Phi) is 7.34. The van der Waals surface area contributed by atoms with Crippen molar-refractivity contribution in [3.63, 3.8) is 0 Å². The Hall–Kier alpha value is -0.650. The highest BCUT2D eigenvalue weighted by Crippen LogP contribution is 2.27. The fraction of sp³-hybridized carbons (Fsp3) is 0.786. The van der Waals surface area contributed by atoms with E-state index in [1.54, 1.807) is 18.4 Å². The first kappa shape index (κ1) is 16.4. The predicted octanol–water partition coefficient (Wildman–Crippen LogP) is 2.81. The molecule has 1 aromatic rings. The summed E-state index contributed by atoms with van der Waals surface area (Å²) >= 11 is 1.81. The van der Waals surface area contributed by atoms with Crippen molar-refractivity contribution in [1.82, 2.24) is 10.3 Å². The molecule has 0 unspecified atom stereocenters. The van der Waals surface area contributed by atoms with E-state index in [0.29, 0.717) is 6.04 Å². The summed E-state index contributed by atoms with van der Waals surface area (Å²) in [6.45, 7) is 12.3. The van der Waals surface area contributed by atoms with E-state index in [2.05, 4.69) is 37.9 Å². The first-order valence-corrected chi connectivity index (χ1v) is 7.84. The monoisotopic (exact) mass is 285 g/mol. The highest BCUT2D eigenvalue weighted by Gasteiger charge is 2.15. The third kappa shape index (κ3) is 5.09. The molecule has 0 aromatic carbocycles. The van der Waals surface area contributed by atoms with Gasteiger partial charge in [-0.05, 0) is 27.2 Å². The van der Waals surface area contributed by atoms with Crippen molar-refractivity contribution < 1.29 is 4.74 Å². The summed E-state index contributed by atoms with van der Waals surface area (Å²) in [7, 11) is 1.73. The van der Waals surface area contributed by atoms with Crippen molar-refractivity contribution in [2.75, 3.05) is 31.7 Å². The molecule has 0 aliphatic rings. The first-order valence-electron chi connectivity index (χ1n) is 7.02. The van der Waals surface area contributed by atoms with E-state index >= 15 is 0 Å². The van der Waals surface area contributed by atoms with Gasteiger partial charge >= 0.3 is 0 Å². The predicted molar refractivity (Wildman–Crippen MR) is 83.2 cm³/mol. The van der Waals surface area contributed by atoms with Gasteiger partial charge in [-0.25, -0.2) is 4.98 Å². The number of hydrogen-bond donors (Lipinski definition) is 1. The Labute approximate surface area is 121 Å². The number of aryl methyl sites for hydroxylation is 1. The number of nitrogens with one attached hydrogen (secondary N) is 1. The van der Waals surface area contributed by atoms with Crippen LogP contribution in [0.25, 0.3) is 0 Å². The van der Waals surface area contributed by atoms with E-state index in [1.165, 1.54) is 4.88 Å². The van der Waals surface area contributed by atoms with Crippen LogP contribution in [0, 0.1) is 6.92 Å². The van der Waals surface area contributed by atoms with Crippen molar-refractivity contribution in [3.05, 3.63) is 10.6 Å². The minimum Gasteiger partial charge on any atom is -0.383 e. The summed E-state index contributed by atoms with van der Waals surface area (Å²) in [5, 5.41) is 4.53. The molecular formula is C14H27N3OS. The average molecular weight is 285 g/mol. The van der Waals surface area contributed by atoms with Gasteiger partial charge in [0, 0.05) is 37.7 Å². The normalized spacial score (nSPS) is 11.3. The average Bonchev–Trinajstić information content (AvgIpc) is 2.72. The molecule has 1 N–H and O–H groups in total. The fourth-order valence-corrected chi connectivity index (χ4v) is 3.08. The van der Waals surface area contributed by atoms with Gasteiger partial charge in [-0.3, -0.25) is 0 Å². The summed E-state index contributed by atoms with van der Waals surface area (Å²) in [5.41, 5.74) is 1.15. The van der Waals surface area contributed by atoms with E-state index in [0.717, 1.165) is 43.5 Å². The van der Waals surface area contributed by atoms with Crippen molar-refractivity contribution >= 4 is 16.5 Å². The molecule has 0 bridgehead atoms. The van der Waals surface area contributed by atoms with Gasteiger partial charge in [-0.1, -0.05) is 6.92 Å². The summed E-state index contributed by atoms with van der Waals surface area (Å²) in [4.78, 5) is 8.43. The Balaban J connectivity index is 2.65. The van der Waals surface area contributed by atoms with E-state index in [-0.39, 0.29) is 0 Å². The molecule has 1 heterocycles. The Morgan fingerprint density at radius 2 is 2.16 bits per heavy atom. The lowest BCUT2D eigenvalue weighted by molar-refractivity contribution is 0.199. The maximum atomic E-state index is 5.03. The third-order valence-electron chi connectivity index (χ3n) is 2.98. The molecule has 0 amide bonds. The molecule has 4 nitrogen and oxygen atoms in total. The first-order chi connectivity index (χ1) is 9.10. The van der Waals surface area contributed by atoms with E-state index in [4.69, 9.17) is 9.72 Å². The van der Waals surface area contributed by atoms with Gasteiger partial charge < -0.3 is 15.0 Å². The number of aromatic nitrogens is 1. The Morgan fingerprint density at radius 3 is 2.74 bits per heavy atom. The second kappa shape index (κ2) is 8.51. The van der Waals surface area contributed by atoms with Crippen LogP contribution < -0.4 is 10.2 Å².